The fourth-order valence-electron chi connectivity index (χ4n) is 3.76. The number of hydrogen-bond acceptors (Lipinski definition) is 4. The molecule has 1 aliphatic rings. The number of rotatable bonds is 7. The van der Waals surface area contributed by atoms with Crippen LogP contribution in [0.15, 0.2) is 46.0 Å². The monoisotopic (exact) mass is 512 g/mol. The summed E-state index contributed by atoms with van der Waals surface area (Å²) in [7, 11) is 3.50. The maximum absolute atomic E-state index is 5.73. The first kappa shape index (κ1) is 23.5. The summed E-state index contributed by atoms with van der Waals surface area (Å²) in [6, 6.07) is 10.5. The van der Waals surface area contributed by atoms with Crippen LogP contribution in [0.3, 0.4) is 0 Å². The molecule has 6 nitrogen and oxygen atoms in total. The van der Waals surface area contributed by atoms with Gasteiger partial charge in [0.1, 0.15) is 11.5 Å². The molecule has 29 heavy (non-hydrogen) atoms. The third-order valence-corrected chi connectivity index (χ3v) is 5.20. The van der Waals surface area contributed by atoms with Gasteiger partial charge in [0.15, 0.2) is 5.96 Å². The van der Waals surface area contributed by atoms with Crippen LogP contribution in [0.4, 0.5) is 0 Å². The van der Waals surface area contributed by atoms with Gasteiger partial charge in [0.2, 0.25) is 0 Å². The summed E-state index contributed by atoms with van der Waals surface area (Å²) >= 11 is 0. The van der Waals surface area contributed by atoms with E-state index in [1.54, 1.807) is 20.4 Å². The number of furan rings is 1. The first-order valence-corrected chi connectivity index (χ1v) is 10.1. The van der Waals surface area contributed by atoms with Gasteiger partial charge in [-0.2, -0.15) is 0 Å². The third-order valence-electron chi connectivity index (χ3n) is 5.20. The van der Waals surface area contributed by atoms with Gasteiger partial charge in [-0.1, -0.05) is 12.5 Å². The van der Waals surface area contributed by atoms with E-state index in [1.165, 1.54) is 30.4 Å². The largest absolute Gasteiger partial charge is 0.497 e. The second-order valence-electron chi connectivity index (χ2n) is 7.29. The maximum Gasteiger partial charge on any atom is 0.191 e. The van der Waals surface area contributed by atoms with Crippen molar-refractivity contribution >= 4 is 29.9 Å². The Morgan fingerprint density at radius 1 is 1.21 bits per heavy atom. The molecule has 2 aromatic rings. The Balaban J connectivity index is 0.00000300. The highest BCUT2D eigenvalue weighted by Gasteiger charge is 2.24. The molecule has 0 radical (unpaired) electrons. The standard InChI is InChI=1S/C22H32N4O2.HI/c1-17-12-18(14-19(13-17)27-3)15-24-22(23-2)25-16-20(21-8-7-11-28-21)26-9-5-4-6-10-26;/h7-8,11-14,20H,4-6,9-10,15-16H2,1-3H3,(H2,23,24,25);1H. The van der Waals surface area contributed by atoms with Gasteiger partial charge >= 0.3 is 0 Å². The van der Waals surface area contributed by atoms with Crippen molar-refractivity contribution in [2.45, 2.75) is 38.8 Å². The Labute approximate surface area is 191 Å². The van der Waals surface area contributed by atoms with Crippen molar-refractivity contribution in [1.82, 2.24) is 15.5 Å². The quantitative estimate of drug-likeness (QED) is 0.332. The third kappa shape index (κ3) is 6.92. The smallest absolute Gasteiger partial charge is 0.191 e. The molecule has 0 saturated carbocycles. The molecular formula is C22H33IN4O2. The molecule has 1 unspecified atom stereocenters. The van der Waals surface area contributed by atoms with E-state index < -0.39 is 0 Å². The van der Waals surface area contributed by atoms with Crippen molar-refractivity contribution < 1.29 is 9.15 Å². The summed E-state index contributed by atoms with van der Waals surface area (Å²) in [5.41, 5.74) is 2.35. The topological polar surface area (TPSA) is 62.0 Å². The van der Waals surface area contributed by atoms with Gasteiger partial charge in [-0.05, 0) is 68.2 Å². The van der Waals surface area contributed by atoms with Crippen LogP contribution in [0.2, 0.25) is 0 Å². The highest BCUT2D eigenvalue weighted by molar-refractivity contribution is 14.0. The number of methoxy groups -OCH3 is 1. The SMILES string of the molecule is CN=C(NCc1cc(C)cc(OC)c1)NCC(c1ccco1)N1CCCCC1.I. The zero-order valence-electron chi connectivity index (χ0n) is 17.6. The van der Waals surface area contributed by atoms with Gasteiger partial charge in [-0.15, -0.1) is 24.0 Å². The number of nitrogens with zero attached hydrogens (tertiary/aromatic N) is 2. The van der Waals surface area contributed by atoms with Crippen molar-refractivity contribution in [3.63, 3.8) is 0 Å². The van der Waals surface area contributed by atoms with Crippen molar-refractivity contribution in [3.8, 4) is 5.75 Å². The zero-order valence-corrected chi connectivity index (χ0v) is 19.9. The van der Waals surface area contributed by atoms with Crippen molar-refractivity contribution in [1.29, 1.82) is 0 Å². The van der Waals surface area contributed by atoms with Gasteiger partial charge < -0.3 is 19.8 Å². The molecule has 1 fully saturated rings. The van der Waals surface area contributed by atoms with Gasteiger partial charge in [0.25, 0.3) is 0 Å². The maximum atomic E-state index is 5.73. The molecule has 2 N–H and O–H groups in total. The molecule has 0 spiro atoms. The van der Waals surface area contributed by atoms with Crippen LogP contribution in [0.25, 0.3) is 0 Å². The summed E-state index contributed by atoms with van der Waals surface area (Å²) in [5.74, 6) is 2.67. The zero-order chi connectivity index (χ0) is 19.8. The van der Waals surface area contributed by atoms with E-state index >= 15 is 0 Å². The van der Waals surface area contributed by atoms with E-state index in [1.807, 2.05) is 18.2 Å². The molecule has 0 amide bonds. The number of ether oxygens (including phenoxy) is 1. The lowest BCUT2D eigenvalue weighted by atomic mass is 10.1. The molecule has 160 valence electrons. The van der Waals surface area contributed by atoms with E-state index in [-0.39, 0.29) is 30.0 Å². The Morgan fingerprint density at radius 3 is 2.66 bits per heavy atom. The number of likely N-dealkylation sites (tertiary alicyclic amines) is 1. The van der Waals surface area contributed by atoms with Crippen LogP contribution in [-0.2, 0) is 6.54 Å². The van der Waals surface area contributed by atoms with Gasteiger partial charge in [0, 0.05) is 20.1 Å². The van der Waals surface area contributed by atoms with E-state index in [0.717, 1.165) is 37.1 Å². The first-order chi connectivity index (χ1) is 13.7. The van der Waals surface area contributed by atoms with Crippen LogP contribution in [0.1, 0.15) is 42.2 Å². The fourth-order valence-corrected chi connectivity index (χ4v) is 3.76. The van der Waals surface area contributed by atoms with Crippen LogP contribution < -0.4 is 15.4 Å². The summed E-state index contributed by atoms with van der Waals surface area (Å²) in [6.45, 7) is 5.74. The lowest BCUT2D eigenvalue weighted by Gasteiger charge is -2.33. The number of piperidine rings is 1. The number of guanidine groups is 1. The summed E-state index contributed by atoms with van der Waals surface area (Å²) in [5, 5.41) is 6.88. The lowest BCUT2D eigenvalue weighted by Crippen LogP contribution is -2.44. The predicted molar refractivity (Wildman–Crippen MR) is 128 cm³/mol. The Bertz CT molecular complexity index is 758. The molecule has 7 heteroatoms. The number of aryl methyl sites for hydroxylation is 1. The van der Waals surface area contributed by atoms with Gasteiger partial charge in [-0.3, -0.25) is 9.89 Å². The lowest BCUT2D eigenvalue weighted by molar-refractivity contribution is 0.146. The second-order valence-corrected chi connectivity index (χ2v) is 7.29. The van der Waals surface area contributed by atoms with Gasteiger partial charge in [0.05, 0.1) is 19.4 Å². The number of nitrogens with one attached hydrogen (secondary N) is 2. The van der Waals surface area contributed by atoms with Crippen LogP contribution in [0, 0.1) is 6.92 Å². The molecule has 2 heterocycles. The fraction of sp³-hybridized carbons (Fsp3) is 0.500. The van der Waals surface area contributed by atoms with Crippen LogP contribution in [0.5, 0.6) is 5.75 Å². The highest BCUT2D eigenvalue weighted by Crippen LogP contribution is 2.24. The van der Waals surface area contributed by atoms with Crippen molar-refractivity contribution in [2.24, 2.45) is 4.99 Å². The van der Waals surface area contributed by atoms with Crippen molar-refractivity contribution in [2.75, 3.05) is 33.8 Å². The summed E-state index contributed by atoms with van der Waals surface area (Å²) in [4.78, 5) is 6.89. The molecular weight excluding hydrogens is 479 g/mol. The van der Waals surface area contributed by atoms with Gasteiger partial charge in [-0.25, -0.2) is 0 Å². The van der Waals surface area contributed by atoms with E-state index in [4.69, 9.17) is 9.15 Å². The molecule has 1 aliphatic heterocycles. The number of halogens is 1. The Hall–Kier alpha value is -1.74. The van der Waals surface area contributed by atoms with E-state index in [2.05, 4.69) is 39.6 Å². The Kier molecular flexibility index (Phi) is 9.80. The van der Waals surface area contributed by atoms with E-state index in [0.29, 0.717) is 6.54 Å². The minimum absolute atomic E-state index is 0. The Morgan fingerprint density at radius 2 is 2.00 bits per heavy atom. The van der Waals surface area contributed by atoms with E-state index in [9.17, 15) is 0 Å². The number of aliphatic imine (C=N–C) groups is 1. The average Bonchev–Trinajstić information content (AvgIpc) is 3.25. The summed E-state index contributed by atoms with van der Waals surface area (Å²) in [6.07, 6.45) is 5.57. The average molecular weight is 512 g/mol. The molecule has 0 aliphatic carbocycles. The number of benzene rings is 1. The normalized spacial score (nSPS) is 16.0. The van der Waals surface area contributed by atoms with Crippen LogP contribution in [-0.4, -0.2) is 44.7 Å². The molecule has 1 atom stereocenters. The molecule has 1 aromatic carbocycles. The van der Waals surface area contributed by atoms with Crippen molar-refractivity contribution in [3.05, 3.63) is 53.5 Å². The minimum atomic E-state index is 0. The highest BCUT2D eigenvalue weighted by atomic mass is 127. The molecule has 1 saturated heterocycles. The van der Waals surface area contributed by atoms with Crippen LogP contribution >= 0.6 is 24.0 Å². The predicted octanol–water partition coefficient (Wildman–Crippen LogP) is 4.11. The summed E-state index contributed by atoms with van der Waals surface area (Å²) < 4.78 is 11.1. The number of hydrogen-bond donors (Lipinski definition) is 2. The molecule has 0 bridgehead atoms. The first-order valence-electron chi connectivity index (χ1n) is 10.1. The minimum Gasteiger partial charge on any atom is -0.497 e. The molecule has 3 rings (SSSR count). The second kappa shape index (κ2) is 12.1. The molecule has 1 aromatic heterocycles.